The Morgan fingerprint density at radius 3 is 2.97 bits per heavy atom. The third kappa shape index (κ3) is 5.36. The molecule has 0 radical (unpaired) electrons. The van der Waals surface area contributed by atoms with Gasteiger partial charge in [-0.15, -0.1) is 0 Å². The van der Waals surface area contributed by atoms with E-state index in [9.17, 15) is 9.59 Å². The van der Waals surface area contributed by atoms with E-state index >= 15 is 0 Å². The summed E-state index contributed by atoms with van der Waals surface area (Å²) in [6, 6.07) is -0.246. The lowest BCUT2D eigenvalue weighted by molar-refractivity contribution is -0.149. The van der Waals surface area contributed by atoms with Crippen molar-refractivity contribution in [3.63, 3.8) is 0 Å². The second kappa shape index (κ2) is 9.89. The molecule has 156 valence electrons. The summed E-state index contributed by atoms with van der Waals surface area (Å²) in [5.74, 6) is -0.131. The van der Waals surface area contributed by atoms with Gasteiger partial charge >= 0.3 is 5.97 Å². The van der Waals surface area contributed by atoms with Crippen LogP contribution in [0.1, 0.15) is 19.3 Å². The maximum atomic E-state index is 12.8. The summed E-state index contributed by atoms with van der Waals surface area (Å²) in [6.45, 7) is 1.39. The maximum absolute atomic E-state index is 12.8. The average molecular weight is 464 g/mol. The first-order chi connectivity index (χ1) is 14.0. The number of nitrogens with one attached hydrogen (secondary N) is 2. The molecule has 1 atom stereocenters. The highest BCUT2D eigenvalue weighted by Gasteiger charge is 2.26. The van der Waals surface area contributed by atoms with Crippen LogP contribution in [0.3, 0.4) is 0 Å². The van der Waals surface area contributed by atoms with Crippen molar-refractivity contribution in [1.82, 2.24) is 20.4 Å². The minimum Gasteiger partial charge on any atom is -0.443 e. The number of ether oxygens (including phenoxy) is 1. The number of hydrogen-bond acceptors (Lipinski definition) is 5. The van der Waals surface area contributed by atoms with Gasteiger partial charge in [-0.05, 0) is 53.9 Å². The van der Waals surface area contributed by atoms with Crippen LogP contribution in [0.4, 0.5) is 0 Å². The Bertz CT molecular complexity index is 809. The number of carbonyl (C=O) groups excluding carboxylic acids is 2. The van der Waals surface area contributed by atoms with Crippen molar-refractivity contribution in [2.24, 2.45) is 4.99 Å². The number of halogens is 1. The van der Waals surface area contributed by atoms with Gasteiger partial charge in [0.25, 0.3) is 5.91 Å². The van der Waals surface area contributed by atoms with Gasteiger partial charge in [0, 0.05) is 42.6 Å². The van der Waals surface area contributed by atoms with Crippen LogP contribution in [-0.2, 0) is 14.3 Å². The topological polar surface area (TPSA) is 86.3 Å². The third-order valence-corrected chi connectivity index (χ3v) is 5.67. The molecule has 0 spiro atoms. The molecule has 1 amide bonds. The predicted molar refractivity (Wildman–Crippen MR) is 115 cm³/mol. The van der Waals surface area contributed by atoms with Gasteiger partial charge in [-0.1, -0.05) is 12.2 Å². The quantitative estimate of drug-likeness (QED) is 0.598. The second-order valence-electron chi connectivity index (χ2n) is 6.95. The Kier molecular flexibility index (Phi) is 7.27. The van der Waals surface area contributed by atoms with E-state index in [4.69, 9.17) is 4.74 Å². The molecule has 0 aromatic rings. The first-order valence-electron chi connectivity index (χ1n) is 9.61. The maximum Gasteiger partial charge on any atom is 0.324 e. The summed E-state index contributed by atoms with van der Waals surface area (Å²) in [7, 11) is 3.64. The number of esters is 1. The Morgan fingerprint density at radius 2 is 2.24 bits per heavy atom. The molecule has 2 heterocycles. The SMILES string of the molecule is CNC1=CC=C(C(=O)N=C2N(C)C=CCN2COC(=O)[C@@H]2CCCN2)CC=C1Br. The van der Waals surface area contributed by atoms with Crippen LogP contribution in [0.2, 0.25) is 0 Å². The number of likely N-dealkylation sites (N-methyl/N-ethyl adjacent to an activating group) is 1. The van der Waals surface area contributed by atoms with E-state index in [-0.39, 0.29) is 24.6 Å². The van der Waals surface area contributed by atoms with Crippen molar-refractivity contribution in [2.75, 3.05) is 33.9 Å². The molecule has 9 heteroatoms. The number of hydrogen-bond donors (Lipinski definition) is 2. The van der Waals surface area contributed by atoms with Gasteiger partial charge in [0.05, 0.1) is 0 Å². The van der Waals surface area contributed by atoms with Crippen LogP contribution in [0.15, 0.2) is 51.2 Å². The number of rotatable bonds is 5. The van der Waals surface area contributed by atoms with Crippen molar-refractivity contribution in [2.45, 2.75) is 25.3 Å². The van der Waals surface area contributed by atoms with Gasteiger partial charge in [0.1, 0.15) is 6.04 Å². The lowest BCUT2D eigenvalue weighted by Gasteiger charge is -2.32. The van der Waals surface area contributed by atoms with Crippen molar-refractivity contribution in [3.05, 3.63) is 46.3 Å². The van der Waals surface area contributed by atoms with E-state index in [0.717, 1.165) is 29.6 Å². The fourth-order valence-corrected chi connectivity index (χ4v) is 3.75. The first-order valence-corrected chi connectivity index (χ1v) is 10.4. The zero-order valence-electron chi connectivity index (χ0n) is 16.7. The normalized spacial score (nSPS) is 23.3. The molecule has 3 rings (SSSR count). The largest absolute Gasteiger partial charge is 0.443 e. The summed E-state index contributed by atoms with van der Waals surface area (Å²) in [6.07, 6.45) is 11.6. The predicted octanol–water partition coefficient (Wildman–Crippen LogP) is 1.59. The number of carbonyl (C=O) groups is 2. The molecular weight excluding hydrogens is 438 g/mol. The zero-order chi connectivity index (χ0) is 20.8. The minimum absolute atomic E-state index is 0.0477. The Hall–Kier alpha value is -2.39. The summed E-state index contributed by atoms with van der Waals surface area (Å²) in [5, 5.41) is 6.20. The Morgan fingerprint density at radius 1 is 1.41 bits per heavy atom. The standard InChI is InChI=1S/C20H26BrN5O3/c1-22-16-9-7-14(6-8-15(16)21)18(27)24-20-25(2)11-4-12-26(20)13-29-19(28)17-5-3-10-23-17/h4,7-9,11,17,22-23H,3,5-6,10,12-13H2,1-2H3/t17-/m0/s1. The highest BCUT2D eigenvalue weighted by Crippen LogP contribution is 2.22. The molecule has 0 aromatic heterocycles. The zero-order valence-corrected chi connectivity index (χ0v) is 18.2. The number of amides is 1. The monoisotopic (exact) mass is 463 g/mol. The molecule has 1 fully saturated rings. The highest BCUT2D eigenvalue weighted by molar-refractivity contribution is 9.12. The van der Waals surface area contributed by atoms with Crippen molar-refractivity contribution >= 4 is 33.8 Å². The van der Waals surface area contributed by atoms with Gasteiger partial charge in [-0.2, -0.15) is 4.99 Å². The minimum atomic E-state index is -0.318. The van der Waals surface area contributed by atoms with Gasteiger partial charge < -0.3 is 25.2 Å². The second-order valence-corrected chi connectivity index (χ2v) is 7.81. The van der Waals surface area contributed by atoms with Gasteiger partial charge in [-0.3, -0.25) is 9.59 Å². The summed E-state index contributed by atoms with van der Waals surface area (Å²) in [5.41, 5.74) is 1.47. The van der Waals surface area contributed by atoms with Gasteiger partial charge in [0.15, 0.2) is 6.73 Å². The highest BCUT2D eigenvalue weighted by atomic mass is 79.9. The summed E-state index contributed by atoms with van der Waals surface area (Å²) in [4.78, 5) is 32.8. The van der Waals surface area contributed by atoms with E-state index in [2.05, 4.69) is 31.6 Å². The van der Waals surface area contributed by atoms with E-state index in [0.29, 0.717) is 24.5 Å². The molecule has 2 aliphatic heterocycles. The molecule has 0 aromatic carbocycles. The average Bonchev–Trinajstić information content (AvgIpc) is 3.18. The van der Waals surface area contributed by atoms with E-state index in [1.54, 1.807) is 15.9 Å². The molecule has 0 unspecified atom stereocenters. The van der Waals surface area contributed by atoms with Crippen LogP contribution >= 0.6 is 15.9 Å². The van der Waals surface area contributed by atoms with Gasteiger partial charge in [-0.25, -0.2) is 0 Å². The molecular formula is C20H26BrN5O3. The smallest absolute Gasteiger partial charge is 0.324 e. The van der Waals surface area contributed by atoms with Crippen LogP contribution < -0.4 is 10.6 Å². The molecule has 2 N–H and O–H groups in total. The van der Waals surface area contributed by atoms with E-state index in [1.807, 2.05) is 38.5 Å². The third-order valence-electron chi connectivity index (χ3n) is 4.92. The van der Waals surface area contributed by atoms with E-state index < -0.39 is 0 Å². The molecule has 29 heavy (non-hydrogen) atoms. The molecule has 8 nitrogen and oxygen atoms in total. The van der Waals surface area contributed by atoms with Crippen LogP contribution in [0.25, 0.3) is 0 Å². The number of guanidine groups is 1. The van der Waals surface area contributed by atoms with Crippen LogP contribution in [0, 0.1) is 0 Å². The van der Waals surface area contributed by atoms with Gasteiger partial charge in [0.2, 0.25) is 5.96 Å². The van der Waals surface area contributed by atoms with Crippen molar-refractivity contribution in [3.8, 4) is 0 Å². The molecule has 0 bridgehead atoms. The fraction of sp³-hybridized carbons (Fsp3) is 0.450. The molecule has 1 saturated heterocycles. The lowest BCUT2D eigenvalue weighted by atomic mass is 10.1. The van der Waals surface area contributed by atoms with Crippen LogP contribution in [0.5, 0.6) is 0 Å². The Labute approximate surface area is 179 Å². The Balaban J connectivity index is 1.71. The number of aliphatic imine (C=N–C) groups is 1. The molecule has 1 aliphatic carbocycles. The molecule has 3 aliphatic rings. The van der Waals surface area contributed by atoms with Crippen molar-refractivity contribution in [1.29, 1.82) is 0 Å². The van der Waals surface area contributed by atoms with E-state index in [1.165, 1.54) is 0 Å². The number of nitrogens with zero attached hydrogens (tertiary/aromatic N) is 3. The lowest BCUT2D eigenvalue weighted by Crippen LogP contribution is -2.46. The molecule has 0 saturated carbocycles. The van der Waals surface area contributed by atoms with Crippen LogP contribution in [-0.4, -0.2) is 67.6 Å². The summed E-state index contributed by atoms with van der Waals surface area (Å²) < 4.78 is 6.36. The summed E-state index contributed by atoms with van der Waals surface area (Å²) >= 11 is 3.49. The number of allylic oxidation sites excluding steroid dienone is 4. The van der Waals surface area contributed by atoms with Crippen molar-refractivity contribution < 1.29 is 14.3 Å². The first kappa shape index (κ1) is 21.3. The fourth-order valence-electron chi connectivity index (χ4n) is 3.26.